The van der Waals surface area contributed by atoms with Gasteiger partial charge in [-0.1, -0.05) is 37.6 Å². The van der Waals surface area contributed by atoms with E-state index in [9.17, 15) is 9.59 Å². The molecule has 1 aliphatic carbocycles. The molecule has 2 fully saturated rings. The maximum Gasteiger partial charge on any atom is 0.231 e. The molecule has 8 nitrogen and oxygen atoms in total. The van der Waals surface area contributed by atoms with Gasteiger partial charge in [-0.05, 0) is 30.5 Å². The fourth-order valence-corrected chi connectivity index (χ4v) is 5.33. The van der Waals surface area contributed by atoms with Gasteiger partial charge in [-0.15, -0.1) is 0 Å². The number of piperazine rings is 1. The summed E-state index contributed by atoms with van der Waals surface area (Å²) < 4.78 is 0. The molecule has 2 N–H and O–H groups in total. The Bertz CT molecular complexity index is 1070. The number of hydrogen-bond donors (Lipinski definition) is 2. The number of hydrogen-bond acceptors (Lipinski definition) is 6. The number of anilines is 2. The highest BCUT2D eigenvalue weighted by atomic mass is 35.5. The van der Waals surface area contributed by atoms with Crippen molar-refractivity contribution in [2.24, 2.45) is 5.92 Å². The van der Waals surface area contributed by atoms with Crippen LogP contribution < -0.4 is 15.5 Å². The van der Waals surface area contributed by atoms with Crippen molar-refractivity contribution in [1.29, 1.82) is 0 Å². The minimum Gasteiger partial charge on any atom is -0.353 e. The van der Waals surface area contributed by atoms with Crippen LogP contribution in [0.2, 0.25) is 5.02 Å². The molecule has 1 aromatic heterocycles. The summed E-state index contributed by atoms with van der Waals surface area (Å²) in [5, 5.41) is 7.05. The highest BCUT2D eigenvalue weighted by molar-refractivity contribution is 6.30. The molecule has 1 unspecified atom stereocenters. The van der Waals surface area contributed by atoms with E-state index in [1.165, 1.54) is 6.33 Å². The zero-order valence-electron chi connectivity index (χ0n) is 19.6. The fourth-order valence-electron chi connectivity index (χ4n) is 5.20. The molecule has 2 amide bonds. The molecule has 1 aromatic carbocycles. The predicted molar refractivity (Wildman–Crippen MR) is 132 cm³/mol. The summed E-state index contributed by atoms with van der Waals surface area (Å²) in [5.74, 6) is 1.74. The van der Waals surface area contributed by atoms with Crippen molar-refractivity contribution < 1.29 is 9.59 Å². The van der Waals surface area contributed by atoms with E-state index in [1.54, 1.807) is 0 Å². The lowest BCUT2D eigenvalue weighted by molar-refractivity contribution is -0.133. The number of amides is 2. The number of nitrogens with one attached hydrogen (secondary N) is 2. The van der Waals surface area contributed by atoms with Crippen molar-refractivity contribution in [1.82, 2.24) is 20.2 Å². The Kier molecular flexibility index (Phi) is 6.44. The van der Waals surface area contributed by atoms with E-state index in [2.05, 4.69) is 39.3 Å². The van der Waals surface area contributed by atoms with Gasteiger partial charge in [0.2, 0.25) is 11.8 Å². The van der Waals surface area contributed by atoms with Crippen LogP contribution in [0, 0.1) is 5.92 Å². The predicted octanol–water partition coefficient (Wildman–Crippen LogP) is 3.01. The van der Waals surface area contributed by atoms with Crippen molar-refractivity contribution in [3.05, 3.63) is 46.7 Å². The summed E-state index contributed by atoms with van der Waals surface area (Å²) in [6.45, 7) is 7.41. The van der Waals surface area contributed by atoms with E-state index in [0.29, 0.717) is 49.6 Å². The highest BCUT2D eigenvalue weighted by Gasteiger charge is 2.45. The van der Waals surface area contributed by atoms with Crippen LogP contribution in [0.1, 0.15) is 49.7 Å². The molecule has 0 radical (unpaired) electrons. The molecule has 9 heteroatoms. The number of halogens is 1. The monoisotopic (exact) mass is 482 g/mol. The van der Waals surface area contributed by atoms with Crippen LogP contribution in [-0.4, -0.2) is 65.4 Å². The van der Waals surface area contributed by atoms with Gasteiger partial charge < -0.3 is 20.4 Å². The molecule has 3 aliphatic rings. The second-order valence-corrected chi connectivity index (χ2v) is 10.2. The Morgan fingerprint density at radius 1 is 1.12 bits per heavy atom. The van der Waals surface area contributed by atoms with Gasteiger partial charge in [-0.25, -0.2) is 9.97 Å². The van der Waals surface area contributed by atoms with Crippen LogP contribution in [0.5, 0.6) is 0 Å². The number of carbonyl (C=O) groups excluding carboxylic acids is 2. The number of benzene rings is 1. The van der Waals surface area contributed by atoms with Crippen molar-refractivity contribution in [2.45, 2.75) is 44.6 Å². The van der Waals surface area contributed by atoms with Gasteiger partial charge in [-0.2, -0.15) is 0 Å². The molecule has 180 valence electrons. The smallest absolute Gasteiger partial charge is 0.231 e. The first-order chi connectivity index (χ1) is 16.4. The van der Waals surface area contributed by atoms with E-state index >= 15 is 0 Å². The first-order valence-electron chi connectivity index (χ1n) is 12.1. The second kappa shape index (κ2) is 9.50. The van der Waals surface area contributed by atoms with Crippen LogP contribution in [0.25, 0.3) is 0 Å². The molecule has 34 heavy (non-hydrogen) atoms. The molecule has 1 saturated carbocycles. The first-order valence-corrected chi connectivity index (χ1v) is 12.5. The van der Waals surface area contributed by atoms with E-state index in [-0.39, 0.29) is 29.6 Å². The Hall–Kier alpha value is -2.71. The van der Waals surface area contributed by atoms with Crippen molar-refractivity contribution in [3.63, 3.8) is 0 Å². The number of rotatable bonds is 6. The molecule has 1 saturated heterocycles. The molecule has 2 aromatic rings. The Balaban J connectivity index is 1.30. The van der Waals surface area contributed by atoms with Crippen LogP contribution in [0.15, 0.2) is 30.6 Å². The van der Waals surface area contributed by atoms with E-state index in [0.717, 1.165) is 29.8 Å². The lowest BCUT2D eigenvalue weighted by Gasteiger charge is -2.43. The highest BCUT2D eigenvalue weighted by Crippen LogP contribution is 2.50. The minimum atomic E-state index is -0.260. The number of aromatic nitrogens is 2. The fraction of sp³-hybridized carbons (Fsp3) is 0.520. The summed E-state index contributed by atoms with van der Waals surface area (Å²) in [6, 6.07) is 7.86. The van der Waals surface area contributed by atoms with Crippen molar-refractivity contribution >= 4 is 35.1 Å². The Morgan fingerprint density at radius 2 is 1.82 bits per heavy atom. The van der Waals surface area contributed by atoms with Gasteiger partial charge in [0.25, 0.3) is 0 Å². The van der Waals surface area contributed by atoms with Crippen molar-refractivity contribution in [2.75, 3.05) is 42.9 Å². The maximum absolute atomic E-state index is 13.6. The van der Waals surface area contributed by atoms with Gasteiger partial charge in [-0.3, -0.25) is 9.59 Å². The zero-order valence-corrected chi connectivity index (χ0v) is 20.4. The first kappa shape index (κ1) is 23.1. The van der Waals surface area contributed by atoms with Gasteiger partial charge >= 0.3 is 0 Å². The number of fused-ring (bicyclic) bond motifs is 3. The van der Waals surface area contributed by atoms with E-state index in [1.807, 2.05) is 29.2 Å². The normalized spacial score (nSPS) is 22.5. The van der Waals surface area contributed by atoms with Crippen LogP contribution in [0.4, 0.5) is 11.6 Å². The van der Waals surface area contributed by atoms with Gasteiger partial charge in [0.05, 0.1) is 5.92 Å². The standard InChI is InChI=1S/C25H31ClN6O2/c1-15(2)27-13-20(16-3-5-17(26)6-4-16)25(34)32-11-9-31(10-12-32)23-21-18-7-8-19(18)24(33)30-22(21)28-14-29-23/h3-6,14-15,18-20,27H,7-13H2,1-2H3,(H,28,29,30,33)/t18-,19+,20?/m1/s1. The molecule has 0 spiro atoms. The summed E-state index contributed by atoms with van der Waals surface area (Å²) in [6.07, 6.45) is 3.44. The van der Waals surface area contributed by atoms with Crippen LogP contribution in [0.3, 0.4) is 0 Å². The van der Waals surface area contributed by atoms with E-state index < -0.39 is 0 Å². The number of carbonyl (C=O) groups is 2. The third-order valence-corrected chi connectivity index (χ3v) is 7.53. The summed E-state index contributed by atoms with van der Waals surface area (Å²) in [5.41, 5.74) is 2.04. The molecule has 2 aliphatic heterocycles. The lowest BCUT2D eigenvalue weighted by Crippen LogP contribution is -2.52. The van der Waals surface area contributed by atoms with Crippen LogP contribution >= 0.6 is 11.6 Å². The van der Waals surface area contributed by atoms with Gasteiger partial charge in [0, 0.05) is 61.2 Å². The summed E-state index contributed by atoms with van der Waals surface area (Å²) in [7, 11) is 0. The Morgan fingerprint density at radius 3 is 2.47 bits per heavy atom. The number of nitrogens with zero attached hydrogens (tertiary/aromatic N) is 4. The van der Waals surface area contributed by atoms with Gasteiger partial charge in [0.1, 0.15) is 18.0 Å². The SMILES string of the molecule is CC(C)NCC(C(=O)N1CCN(c2ncnc3c2[C@@H]2CC[C@@H]2C(=O)N3)CC1)c1ccc(Cl)cc1. The van der Waals surface area contributed by atoms with Crippen LogP contribution in [-0.2, 0) is 9.59 Å². The molecule has 0 bridgehead atoms. The van der Waals surface area contributed by atoms with Crippen molar-refractivity contribution in [3.8, 4) is 0 Å². The second-order valence-electron chi connectivity index (χ2n) is 9.72. The quantitative estimate of drug-likeness (QED) is 0.657. The lowest BCUT2D eigenvalue weighted by atomic mass is 9.68. The minimum absolute atomic E-state index is 0.0358. The largest absolute Gasteiger partial charge is 0.353 e. The van der Waals surface area contributed by atoms with Gasteiger partial charge in [0.15, 0.2) is 0 Å². The zero-order chi connectivity index (χ0) is 23.8. The molecule has 3 heterocycles. The summed E-state index contributed by atoms with van der Waals surface area (Å²) >= 11 is 6.08. The molecular formula is C25H31ClN6O2. The molecule has 5 rings (SSSR count). The average Bonchev–Trinajstić information content (AvgIpc) is 2.80. The Labute approximate surface area is 205 Å². The van der Waals surface area contributed by atoms with E-state index in [4.69, 9.17) is 11.6 Å². The average molecular weight is 483 g/mol. The topological polar surface area (TPSA) is 90.5 Å². The third kappa shape index (κ3) is 4.36. The molecule has 3 atom stereocenters. The third-order valence-electron chi connectivity index (χ3n) is 7.28. The maximum atomic E-state index is 13.6. The summed E-state index contributed by atoms with van der Waals surface area (Å²) in [4.78, 5) is 39.0. The molecular weight excluding hydrogens is 452 g/mol.